The van der Waals surface area contributed by atoms with Crippen LogP contribution >= 0.6 is 0 Å². The minimum atomic E-state index is -0.944. The summed E-state index contributed by atoms with van der Waals surface area (Å²) in [5.41, 5.74) is 1.48. The summed E-state index contributed by atoms with van der Waals surface area (Å²) in [6.45, 7) is 1.74. The lowest BCUT2D eigenvalue weighted by molar-refractivity contribution is -0.117. The quantitative estimate of drug-likeness (QED) is 0.873. The molecule has 0 heterocycles. The number of halogens is 2. The van der Waals surface area contributed by atoms with Gasteiger partial charge in [0.15, 0.2) is 11.6 Å². The number of amides is 2. The van der Waals surface area contributed by atoms with Gasteiger partial charge in [-0.2, -0.15) is 0 Å². The summed E-state index contributed by atoms with van der Waals surface area (Å²) in [4.78, 5) is 26.1. The molecule has 1 N–H and O–H groups in total. The Morgan fingerprint density at radius 1 is 1.12 bits per heavy atom. The molecule has 1 unspecified atom stereocenters. The van der Waals surface area contributed by atoms with Gasteiger partial charge in [-0.25, -0.2) is 8.78 Å². The Kier molecular flexibility index (Phi) is 5.02. The lowest BCUT2D eigenvalue weighted by atomic mass is 10.1. The van der Waals surface area contributed by atoms with Crippen LogP contribution in [-0.2, 0) is 4.79 Å². The second-order valence-electron chi connectivity index (χ2n) is 6.61. The number of rotatable bonds is 5. The van der Waals surface area contributed by atoms with Crippen molar-refractivity contribution in [3.05, 3.63) is 65.2 Å². The summed E-state index contributed by atoms with van der Waals surface area (Å²) < 4.78 is 26.6. The van der Waals surface area contributed by atoms with Crippen LogP contribution in [0.15, 0.2) is 42.5 Å². The lowest BCUT2D eigenvalue weighted by Gasteiger charge is -2.25. The number of hydrogen-bond acceptors (Lipinski definition) is 2. The maximum atomic E-state index is 13.5. The molecule has 2 amide bonds. The average molecular weight is 358 g/mol. The highest BCUT2D eigenvalue weighted by Crippen LogP contribution is 2.30. The highest BCUT2D eigenvalue weighted by atomic mass is 19.2. The molecule has 4 nitrogen and oxygen atoms in total. The normalized spacial score (nSPS) is 14.6. The molecule has 136 valence electrons. The van der Waals surface area contributed by atoms with Crippen molar-refractivity contribution < 1.29 is 18.4 Å². The number of nitrogens with zero attached hydrogens (tertiary/aromatic N) is 1. The number of hydrogen-bond donors (Lipinski definition) is 1. The first-order valence-corrected chi connectivity index (χ1v) is 8.50. The molecule has 1 aliphatic carbocycles. The first-order chi connectivity index (χ1) is 12.4. The van der Waals surface area contributed by atoms with E-state index in [0.717, 1.165) is 25.0 Å². The number of nitrogens with one attached hydrogen (secondary N) is 1. The first kappa shape index (κ1) is 18.0. The molecule has 1 atom stereocenters. The summed E-state index contributed by atoms with van der Waals surface area (Å²) in [6.07, 6.45) is 1.80. The second-order valence-corrected chi connectivity index (χ2v) is 6.61. The van der Waals surface area contributed by atoms with Crippen LogP contribution in [0.5, 0.6) is 0 Å². The fraction of sp³-hybridized carbons (Fsp3) is 0.300. The van der Waals surface area contributed by atoms with Crippen LogP contribution in [0.2, 0.25) is 0 Å². The van der Waals surface area contributed by atoms with Crippen LogP contribution < -0.4 is 5.32 Å². The molecule has 0 aliphatic heterocycles. The molecule has 1 fully saturated rings. The van der Waals surface area contributed by atoms with Gasteiger partial charge in [0.05, 0.1) is 6.04 Å². The molecular formula is C20H20F2N2O2. The van der Waals surface area contributed by atoms with E-state index < -0.39 is 17.7 Å². The van der Waals surface area contributed by atoms with E-state index in [2.05, 4.69) is 5.32 Å². The zero-order valence-electron chi connectivity index (χ0n) is 14.6. The molecule has 1 saturated carbocycles. The third-order valence-corrected chi connectivity index (χ3v) is 4.65. The van der Waals surface area contributed by atoms with Crippen molar-refractivity contribution in [2.75, 3.05) is 12.4 Å². The van der Waals surface area contributed by atoms with Gasteiger partial charge >= 0.3 is 0 Å². The zero-order chi connectivity index (χ0) is 18.8. The van der Waals surface area contributed by atoms with Crippen molar-refractivity contribution in [2.24, 2.45) is 5.92 Å². The maximum absolute atomic E-state index is 13.5. The highest BCUT2D eigenvalue weighted by molar-refractivity contribution is 5.98. The predicted molar refractivity (Wildman–Crippen MR) is 94.7 cm³/mol. The Labute approximate surface area is 150 Å². The SMILES string of the molecule is CC(c1ccc(F)c(F)c1)N(C)C(=O)c1cccc(NC(=O)C2CC2)c1. The van der Waals surface area contributed by atoms with Gasteiger partial charge in [-0.05, 0) is 55.7 Å². The van der Waals surface area contributed by atoms with Crippen molar-refractivity contribution >= 4 is 17.5 Å². The second kappa shape index (κ2) is 7.23. The maximum Gasteiger partial charge on any atom is 0.254 e. The van der Waals surface area contributed by atoms with Gasteiger partial charge in [0.1, 0.15) is 0 Å². The molecule has 0 bridgehead atoms. The average Bonchev–Trinajstić information content (AvgIpc) is 3.47. The molecule has 0 spiro atoms. The van der Waals surface area contributed by atoms with Gasteiger partial charge in [0.2, 0.25) is 5.91 Å². The summed E-state index contributed by atoms with van der Waals surface area (Å²) >= 11 is 0. The van der Waals surface area contributed by atoms with E-state index in [-0.39, 0.29) is 17.7 Å². The Bertz CT molecular complexity index is 849. The monoisotopic (exact) mass is 358 g/mol. The van der Waals surface area contributed by atoms with E-state index in [4.69, 9.17) is 0 Å². The van der Waals surface area contributed by atoms with E-state index in [0.29, 0.717) is 16.8 Å². The summed E-state index contributed by atoms with van der Waals surface area (Å²) in [7, 11) is 1.60. The fourth-order valence-electron chi connectivity index (χ4n) is 2.70. The van der Waals surface area contributed by atoms with Gasteiger partial charge in [-0.3, -0.25) is 9.59 Å². The Balaban J connectivity index is 1.74. The minimum Gasteiger partial charge on any atom is -0.335 e. The lowest BCUT2D eigenvalue weighted by Crippen LogP contribution is -2.29. The van der Waals surface area contributed by atoms with Gasteiger partial charge in [0.25, 0.3) is 5.91 Å². The molecular weight excluding hydrogens is 338 g/mol. The molecule has 1 aliphatic rings. The smallest absolute Gasteiger partial charge is 0.254 e. The van der Waals surface area contributed by atoms with E-state index in [1.54, 1.807) is 38.2 Å². The summed E-state index contributed by atoms with van der Waals surface area (Å²) in [5.74, 6) is -2.10. The van der Waals surface area contributed by atoms with E-state index in [1.165, 1.54) is 11.0 Å². The van der Waals surface area contributed by atoms with Gasteiger partial charge in [0, 0.05) is 24.2 Å². The van der Waals surface area contributed by atoms with Crippen molar-refractivity contribution in [2.45, 2.75) is 25.8 Å². The number of carbonyl (C=O) groups is 2. The van der Waals surface area contributed by atoms with E-state index in [1.807, 2.05) is 0 Å². The van der Waals surface area contributed by atoms with Crippen LogP contribution in [0.3, 0.4) is 0 Å². The van der Waals surface area contributed by atoms with Crippen molar-refractivity contribution in [1.82, 2.24) is 4.90 Å². The zero-order valence-corrected chi connectivity index (χ0v) is 14.6. The molecule has 6 heteroatoms. The number of anilines is 1. The minimum absolute atomic E-state index is 0.0295. The fourth-order valence-corrected chi connectivity index (χ4v) is 2.70. The molecule has 2 aromatic carbocycles. The molecule has 26 heavy (non-hydrogen) atoms. The van der Waals surface area contributed by atoms with Gasteiger partial charge in [-0.15, -0.1) is 0 Å². The predicted octanol–water partition coefficient (Wildman–Crippen LogP) is 4.15. The Morgan fingerprint density at radius 2 is 1.85 bits per heavy atom. The largest absolute Gasteiger partial charge is 0.335 e. The van der Waals surface area contributed by atoms with Crippen molar-refractivity contribution in [3.63, 3.8) is 0 Å². The standard InChI is InChI=1S/C20H20F2N2O2/c1-12(14-8-9-17(21)18(22)11-14)24(2)20(26)15-4-3-5-16(10-15)23-19(25)13-6-7-13/h3-5,8-13H,6-7H2,1-2H3,(H,23,25). The van der Waals surface area contributed by atoms with E-state index >= 15 is 0 Å². The number of carbonyl (C=O) groups excluding carboxylic acids is 2. The molecule has 2 aromatic rings. The number of benzene rings is 2. The van der Waals surface area contributed by atoms with Gasteiger partial charge in [-0.1, -0.05) is 12.1 Å². The van der Waals surface area contributed by atoms with Crippen molar-refractivity contribution in [3.8, 4) is 0 Å². The van der Waals surface area contributed by atoms with Crippen LogP contribution in [0, 0.1) is 17.6 Å². The first-order valence-electron chi connectivity index (χ1n) is 8.50. The van der Waals surface area contributed by atoms with Crippen LogP contribution in [0.25, 0.3) is 0 Å². The van der Waals surface area contributed by atoms with Crippen molar-refractivity contribution in [1.29, 1.82) is 0 Å². The Morgan fingerprint density at radius 3 is 2.50 bits per heavy atom. The highest BCUT2D eigenvalue weighted by Gasteiger charge is 2.29. The van der Waals surface area contributed by atoms with Gasteiger partial charge < -0.3 is 10.2 Å². The molecule has 0 saturated heterocycles. The molecule has 3 rings (SSSR count). The van der Waals surface area contributed by atoms with E-state index in [9.17, 15) is 18.4 Å². The summed E-state index contributed by atoms with van der Waals surface area (Å²) in [6, 6.07) is 9.87. The third-order valence-electron chi connectivity index (χ3n) is 4.65. The third kappa shape index (κ3) is 3.90. The topological polar surface area (TPSA) is 49.4 Å². The van der Waals surface area contributed by atoms with Crippen LogP contribution in [-0.4, -0.2) is 23.8 Å². The molecule has 0 aromatic heterocycles. The molecule has 0 radical (unpaired) electrons. The van der Waals surface area contributed by atoms with Crippen LogP contribution in [0.1, 0.15) is 41.7 Å². The van der Waals surface area contributed by atoms with Crippen LogP contribution in [0.4, 0.5) is 14.5 Å². The Hall–Kier alpha value is -2.76. The summed E-state index contributed by atoms with van der Waals surface area (Å²) in [5, 5.41) is 2.81.